The first-order valence-corrected chi connectivity index (χ1v) is 9.73. The second-order valence-electron chi connectivity index (χ2n) is 5.93. The molecule has 0 aliphatic rings. The highest BCUT2D eigenvalue weighted by Gasteiger charge is 2.29. The van der Waals surface area contributed by atoms with Crippen LogP contribution in [0.25, 0.3) is 11.5 Å². The number of sulfone groups is 1. The predicted octanol–water partition coefficient (Wildman–Crippen LogP) is 4.52. The molecule has 5 nitrogen and oxygen atoms in total. The third kappa shape index (κ3) is 3.62. The van der Waals surface area contributed by atoms with Gasteiger partial charge in [0.2, 0.25) is 26.6 Å². The average Bonchev–Trinajstić information content (AvgIpc) is 3.07. The van der Waals surface area contributed by atoms with Gasteiger partial charge in [-0.25, -0.2) is 12.8 Å². The highest BCUT2D eigenvalue weighted by Crippen LogP contribution is 2.32. The number of rotatable bonds is 6. The lowest BCUT2D eigenvalue weighted by Gasteiger charge is -2.11. The number of aromatic nitrogens is 1. The number of nitrogens with zero attached hydrogens (tertiary/aromatic N) is 1. The van der Waals surface area contributed by atoms with Crippen molar-refractivity contribution < 1.29 is 17.2 Å². The van der Waals surface area contributed by atoms with E-state index in [4.69, 9.17) is 4.42 Å². The molecule has 0 aliphatic carbocycles. The van der Waals surface area contributed by atoms with E-state index in [1.807, 2.05) is 13.8 Å². The Kier molecular flexibility index (Phi) is 5.08. The van der Waals surface area contributed by atoms with Crippen molar-refractivity contribution in [3.8, 4) is 11.5 Å². The average molecular weight is 374 g/mol. The molecule has 0 bridgehead atoms. The Morgan fingerprint density at radius 2 is 1.77 bits per heavy atom. The number of anilines is 1. The molecule has 1 heterocycles. The summed E-state index contributed by atoms with van der Waals surface area (Å²) in [7, 11) is -3.86. The largest absolute Gasteiger partial charge is 0.419 e. The summed E-state index contributed by atoms with van der Waals surface area (Å²) in [6.45, 7) is 3.89. The SMILES string of the molecule is CCC(C)Nc1oc(-c2ccc(F)cc2)nc1S(=O)(=O)c1ccccc1. The van der Waals surface area contributed by atoms with Crippen molar-refractivity contribution in [1.29, 1.82) is 0 Å². The summed E-state index contributed by atoms with van der Waals surface area (Å²) in [5, 5.41) is 2.88. The Labute approximate surface area is 151 Å². The van der Waals surface area contributed by atoms with Gasteiger partial charge in [-0.05, 0) is 49.7 Å². The van der Waals surface area contributed by atoms with Gasteiger partial charge in [-0.3, -0.25) is 0 Å². The van der Waals surface area contributed by atoms with E-state index >= 15 is 0 Å². The highest BCUT2D eigenvalue weighted by atomic mass is 32.2. The number of oxazole rings is 1. The number of halogens is 1. The monoisotopic (exact) mass is 374 g/mol. The Morgan fingerprint density at radius 1 is 1.12 bits per heavy atom. The fourth-order valence-corrected chi connectivity index (χ4v) is 3.62. The quantitative estimate of drug-likeness (QED) is 0.687. The van der Waals surface area contributed by atoms with Crippen molar-refractivity contribution >= 4 is 15.7 Å². The van der Waals surface area contributed by atoms with Crippen LogP contribution < -0.4 is 5.32 Å². The van der Waals surface area contributed by atoms with Crippen LogP contribution in [0.5, 0.6) is 0 Å². The second kappa shape index (κ2) is 7.29. The summed E-state index contributed by atoms with van der Waals surface area (Å²) in [4.78, 5) is 4.34. The van der Waals surface area contributed by atoms with Gasteiger partial charge in [-0.2, -0.15) is 4.98 Å². The molecular weight excluding hydrogens is 355 g/mol. The summed E-state index contributed by atoms with van der Waals surface area (Å²) in [6, 6.07) is 13.6. The van der Waals surface area contributed by atoms with Crippen molar-refractivity contribution in [1.82, 2.24) is 4.98 Å². The molecule has 1 N–H and O–H groups in total. The summed E-state index contributed by atoms with van der Waals surface area (Å²) < 4.78 is 44.9. The van der Waals surface area contributed by atoms with Crippen molar-refractivity contribution in [2.45, 2.75) is 36.2 Å². The predicted molar refractivity (Wildman–Crippen MR) is 97.2 cm³/mol. The lowest BCUT2D eigenvalue weighted by molar-refractivity contribution is 0.565. The normalized spacial score (nSPS) is 12.7. The topological polar surface area (TPSA) is 72.2 Å². The molecule has 0 fully saturated rings. The number of nitrogens with one attached hydrogen (secondary N) is 1. The van der Waals surface area contributed by atoms with Crippen molar-refractivity contribution in [3.63, 3.8) is 0 Å². The molecule has 0 radical (unpaired) electrons. The minimum absolute atomic E-state index is 0.00580. The van der Waals surface area contributed by atoms with Gasteiger partial charge in [0.15, 0.2) is 0 Å². The first-order valence-electron chi connectivity index (χ1n) is 8.25. The van der Waals surface area contributed by atoms with Crippen LogP contribution in [0, 0.1) is 5.82 Å². The molecule has 1 unspecified atom stereocenters. The summed E-state index contributed by atoms with van der Waals surface area (Å²) >= 11 is 0. The van der Waals surface area contributed by atoms with Crippen LogP contribution >= 0.6 is 0 Å². The molecule has 3 aromatic rings. The van der Waals surface area contributed by atoms with E-state index in [1.54, 1.807) is 18.2 Å². The Balaban J connectivity index is 2.12. The highest BCUT2D eigenvalue weighted by molar-refractivity contribution is 7.91. The van der Waals surface area contributed by atoms with E-state index in [0.29, 0.717) is 5.56 Å². The zero-order chi connectivity index (χ0) is 18.7. The van der Waals surface area contributed by atoms with Crippen molar-refractivity contribution in [2.24, 2.45) is 0 Å². The van der Waals surface area contributed by atoms with Gasteiger partial charge in [-0.15, -0.1) is 0 Å². The lowest BCUT2D eigenvalue weighted by atomic mass is 10.2. The molecular formula is C19H19FN2O3S. The van der Waals surface area contributed by atoms with Crippen LogP contribution in [0.1, 0.15) is 20.3 Å². The van der Waals surface area contributed by atoms with E-state index in [1.165, 1.54) is 36.4 Å². The van der Waals surface area contributed by atoms with Gasteiger partial charge >= 0.3 is 0 Å². The van der Waals surface area contributed by atoms with Crippen LogP contribution in [-0.2, 0) is 9.84 Å². The van der Waals surface area contributed by atoms with Crippen molar-refractivity contribution in [2.75, 3.05) is 5.32 Å². The van der Waals surface area contributed by atoms with Gasteiger partial charge in [-0.1, -0.05) is 25.1 Å². The fraction of sp³-hybridized carbons (Fsp3) is 0.211. The maximum Gasteiger partial charge on any atom is 0.234 e. The summed E-state index contributed by atoms with van der Waals surface area (Å²) in [5.41, 5.74) is 0.494. The molecule has 0 aliphatic heterocycles. The maximum absolute atomic E-state index is 13.2. The first kappa shape index (κ1) is 18.1. The lowest BCUT2D eigenvalue weighted by Crippen LogP contribution is -2.15. The van der Waals surface area contributed by atoms with Crippen LogP contribution in [0.3, 0.4) is 0 Å². The molecule has 0 saturated heterocycles. The Bertz CT molecular complexity index is 983. The minimum Gasteiger partial charge on any atom is -0.419 e. The van der Waals surface area contributed by atoms with Crippen LogP contribution in [0.2, 0.25) is 0 Å². The molecule has 7 heteroatoms. The Hall–Kier alpha value is -2.67. The van der Waals surface area contributed by atoms with E-state index in [9.17, 15) is 12.8 Å². The van der Waals surface area contributed by atoms with Gasteiger partial charge in [0.1, 0.15) is 5.82 Å². The molecule has 2 aromatic carbocycles. The zero-order valence-electron chi connectivity index (χ0n) is 14.4. The van der Waals surface area contributed by atoms with Gasteiger partial charge in [0.05, 0.1) is 4.90 Å². The number of hydrogen-bond donors (Lipinski definition) is 1. The zero-order valence-corrected chi connectivity index (χ0v) is 15.3. The van der Waals surface area contributed by atoms with Crippen LogP contribution in [0.4, 0.5) is 10.3 Å². The third-order valence-corrected chi connectivity index (χ3v) is 5.66. The van der Waals surface area contributed by atoms with Crippen LogP contribution in [0.15, 0.2) is 68.9 Å². The molecule has 0 saturated carbocycles. The van der Waals surface area contributed by atoms with E-state index in [-0.39, 0.29) is 27.7 Å². The molecule has 1 aromatic heterocycles. The van der Waals surface area contributed by atoms with Gasteiger partial charge in [0.25, 0.3) is 0 Å². The van der Waals surface area contributed by atoms with E-state index in [2.05, 4.69) is 10.3 Å². The molecule has 1 atom stereocenters. The smallest absolute Gasteiger partial charge is 0.234 e. The van der Waals surface area contributed by atoms with Gasteiger partial charge < -0.3 is 9.73 Å². The summed E-state index contributed by atoms with van der Waals surface area (Å²) in [5.74, 6) is -0.191. The Morgan fingerprint density at radius 3 is 2.38 bits per heavy atom. The molecule has 26 heavy (non-hydrogen) atoms. The standard InChI is InChI=1S/C19H19FN2O3S/c1-3-13(2)21-18-19(26(23,24)16-7-5-4-6-8-16)22-17(25-18)14-9-11-15(20)12-10-14/h4-13,21H,3H2,1-2H3. The van der Waals surface area contributed by atoms with Crippen molar-refractivity contribution in [3.05, 3.63) is 60.4 Å². The molecule has 3 rings (SSSR count). The fourth-order valence-electron chi connectivity index (χ4n) is 2.33. The molecule has 0 spiro atoms. The van der Waals surface area contributed by atoms with Crippen LogP contribution in [-0.4, -0.2) is 19.4 Å². The van der Waals surface area contributed by atoms with E-state index < -0.39 is 15.7 Å². The van der Waals surface area contributed by atoms with Gasteiger partial charge in [0, 0.05) is 11.6 Å². The third-order valence-electron chi connectivity index (χ3n) is 3.99. The van der Waals surface area contributed by atoms with E-state index in [0.717, 1.165) is 6.42 Å². The maximum atomic E-state index is 13.2. The second-order valence-corrected chi connectivity index (χ2v) is 7.80. The first-order chi connectivity index (χ1) is 12.4. The summed E-state index contributed by atoms with van der Waals surface area (Å²) in [6.07, 6.45) is 0.775. The molecule has 0 amide bonds. The number of benzene rings is 2. The molecule has 136 valence electrons. The minimum atomic E-state index is -3.86. The number of hydrogen-bond acceptors (Lipinski definition) is 5.